The van der Waals surface area contributed by atoms with Crippen LogP contribution in [-0.2, 0) is 14.3 Å². The third-order valence-electron chi connectivity index (χ3n) is 5.32. The fraction of sp³-hybridized carbons (Fsp3) is 0.800. The number of amides is 3. The quantitative estimate of drug-likeness (QED) is 0.583. The molecule has 4 fully saturated rings. The zero-order chi connectivity index (χ0) is 16.1. The molecule has 4 rings (SSSR count). The number of halogens is 1. The van der Waals surface area contributed by atoms with Crippen LogP contribution in [-0.4, -0.2) is 28.3 Å². The average Bonchev–Trinajstić information content (AvgIpc) is 2.34. The Hall–Kier alpha value is -1.11. The number of carbonyl (C=O) groups is 3. The molecule has 0 unspecified atom stereocenters. The Kier molecular flexibility index (Phi) is 3.74. The summed E-state index contributed by atoms with van der Waals surface area (Å²) in [5, 5.41) is 1.94. The minimum absolute atomic E-state index is 0.0504. The van der Waals surface area contributed by atoms with E-state index in [0.29, 0.717) is 11.8 Å². The minimum Gasteiger partial charge on any atom is -0.452 e. The highest BCUT2D eigenvalue weighted by Crippen LogP contribution is 2.64. The molecule has 4 saturated carbocycles. The van der Waals surface area contributed by atoms with E-state index in [2.05, 4.69) is 15.9 Å². The van der Waals surface area contributed by atoms with E-state index in [4.69, 9.17) is 10.5 Å². The van der Waals surface area contributed by atoms with Gasteiger partial charge in [-0.1, -0.05) is 15.9 Å². The van der Waals surface area contributed by atoms with E-state index < -0.39 is 23.5 Å². The number of esters is 1. The molecule has 0 aromatic carbocycles. The molecule has 0 saturated heterocycles. The molecule has 3 atom stereocenters. The van der Waals surface area contributed by atoms with Gasteiger partial charge in [0.15, 0.2) is 6.10 Å². The van der Waals surface area contributed by atoms with Gasteiger partial charge in [0.1, 0.15) is 0 Å². The standard InChI is InChI=1S/C15H21BrN2O4/c1-8(11(19)18-13(17)21)22-12(20)14-3-9-2-10(4-14)6-15(16,5-9)7-14/h8-10H,2-7H2,1H3,(H3,17,18,19,21)/t8-,9-,10-,14?,15?/m0/s1. The van der Waals surface area contributed by atoms with Gasteiger partial charge in [0.05, 0.1) is 5.41 Å². The summed E-state index contributed by atoms with van der Waals surface area (Å²) in [5.41, 5.74) is 4.43. The molecule has 4 bridgehead atoms. The lowest BCUT2D eigenvalue weighted by Gasteiger charge is -2.58. The number of hydrogen-bond acceptors (Lipinski definition) is 4. The van der Waals surface area contributed by atoms with Crippen LogP contribution >= 0.6 is 15.9 Å². The van der Waals surface area contributed by atoms with E-state index in [1.165, 1.54) is 13.3 Å². The van der Waals surface area contributed by atoms with Crippen LogP contribution in [0.1, 0.15) is 45.4 Å². The van der Waals surface area contributed by atoms with Crippen molar-refractivity contribution in [2.24, 2.45) is 23.0 Å². The van der Waals surface area contributed by atoms with Crippen molar-refractivity contribution in [3.63, 3.8) is 0 Å². The summed E-state index contributed by atoms with van der Waals surface area (Å²) in [5.74, 6) is 0.127. The number of carbonyl (C=O) groups excluding carboxylic acids is 3. The SMILES string of the molecule is C[C@H](OC(=O)C12C[C@@H]3C[C@H](CC(Br)(C3)C1)C2)C(=O)NC(N)=O. The second kappa shape index (κ2) is 5.22. The van der Waals surface area contributed by atoms with Crippen LogP contribution in [0, 0.1) is 17.3 Å². The van der Waals surface area contributed by atoms with Gasteiger partial charge in [-0.3, -0.25) is 14.9 Å². The number of nitrogens with one attached hydrogen (secondary N) is 1. The van der Waals surface area contributed by atoms with Crippen LogP contribution < -0.4 is 11.1 Å². The van der Waals surface area contributed by atoms with Gasteiger partial charge in [-0.25, -0.2) is 4.79 Å². The third kappa shape index (κ3) is 2.75. The van der Waals surface area contributed by atoms with Gasteiger partial charge < -0.3 is 10.5 Å². The van der Waals surface area contributed by atoms with Crippen LogP contribution in [0.4, 0.5) is 4.79 Å². The number of hydrogen-bond donors (Lipinski definition) is 2. The fourth-order valence-corrected chi connectivity index (χ4v) is 6.40. The summed E-state index contributed by atoms with van der Waals surface area (Å²) in [4.78, 5) is 35.1. The van der Waals surface area contributed by atoms with Crippen molar-refractivity contribution in [2.75, 3.05) is 0 Å². The molecule has 3 amide bonds. The van der Waals surface area contributed by atoms with Crippen molar-refractivity contribution in [3.8, 4) is 0 Å². The first-order chi connectivity index (χ1) is 10.2. The summed E-state index contributed by atoms with van der Waals surface area (Å²) in [6.45, 7) is 1.46. The van der Waals surface area contributed by atoms with Crippen molar-refractivity contribution in [1.29, 1.82) is 0 Å². The molecular formula is C15H21BrN2O4. The fourth-order valence-electron chi connectivity index (χ4n) is 4.95. The molecule has 4 aliphatic carbocycles. The van der Waals surface area contributed by atoms with Gasteiger partial charge >= 0.3 is 12.0 Å². The minimum atomic E-state index is -1.01. The monoisotopic (exact) mass is 372 g/mol. The van der Waals surface area contributed by atoms with Crippen molar-refractivity contribution < 1.29 is 19.1 Å². The molecule has 0 aromatic heterocycles. The maximum atomic E-state index is 12.7. The van der Waals surface area contributed by atoms with E-state index in [-0.39, 0.29) is 10.3 Å². The number of ether oxygens (including phenoxy) is 1. The topological polar surface area (TPSA) is 98.5 Å². The van der Waals surface area contributed by atoms with E-state index >= 15 is 0 Å². The van der Waals surface area contributed by atoms with Crippen molar-refractivity contribution >= 4 is 33.8 Å². The molecule has 3 N–H and O–H groups in total. The van der Waals surface area contributed by atoms with Gasteiger partial charge in [-0.15, -0.1) is 0 Å². The van der Waals surface area contributed by atoms with Crippen molar-refractivity contribution in [2.45, 2.75) is 55.9 Å². The Balaban J connectivity index is 1.70. The summed E-state index contributed by atoms with van der Waals surface area (Å²) < 4.78 is 5.41. The second-order valence-electron chi connectivity index (χ2n) is 7.29. The highest BCUT2D eigenvalue weighted by atomic mass is 79.9. The zero-order valence-corrected chi connectivity index (χ0v) is 14.1. The molecule has 0 heterocycles. The Labute approximate surface area is 137 Å². The van der Waals surface area contributed by atoms with Crippen molar-refractivity contribution in [1.82, 2.24) is 5.32 Å². The van der Waals surface area contributed by atoms with Crippen LogP contribution in [0.5, 0.6) is 0 Å². The summed E-state index contributed by atoms with van der Waals surface area (Å²) >= 11 is 3.84. The Morgan fingerprint density at radius 1 is 1.23 bits per heavy atom. The van der Waals surface area contributed by atoms with Gasteiger partial charge in [-0.2, -0.15) is 0 Å². The number of rotatable bonds is 3. The first-order valence-electron chi connectivity index (χ1n) is 7.72. The third-order valence-corrected chi connectivity index (χ3v) is 6.25. The van der Waals surface area contributed by atoms with Crippen LogP contribution in [0.3, 0.4) is 0 Å². The van der Waals surface area contributed by atoms with Crippen LogP contribution in [0.15, 0.2) is 0 Å². The molecule has 122 valence electrons. The maximum Gasteiger partial charge on any atom is 0.318 e. The van der Waals surface area contributed by atoms with E-state index in [0.717, 1.165) is 32.1 Å². The Morgan fingerprint density at radius 2 is 1.82 bits per heavy atom. The number of primary amides is 1. The smallest absolute Gasteiger partial charge is 0.318 e. The van der Waals surface area contributed by atoms with Crippen molar-refractivity contribution in [3.05, 3.63) is 0 Å². The highest BCUT2D eigenvalue weighted by molar-refractivity contribution is 9.10. The van der Waals surface area contributed by atoms with Gasteiger partial charge in [0.2, 0.25) is 0 Å². The normalized spacial score (nSPS) is 40.1. The second-order valence-corrected chi connectivity index (χ2v) is 8.98. The van der Waals surface area contributed by atoms with E-state index in [1.807, 2.05) is 5.32 Å². The molecule has 6 nitrogen and oxygen atoms in total. The molecule has 0 spiro atoms. The summed E-state index contributed by atoms with van der Waals surface area (Å²) in [6, 6.07) is -0.942. The van der Waals surface area contributed by atoms with Crippen LogP contribution in [0.2, 0.25) is 0 Å². The number of nitrogens with two attached hydrogens (primary N) is 1. The summed E-state index contributed by atoms with van der Waals surface area (Å²) in [7, 11) is 0. The highest BCUT2D eigenvalue weighted by Gasteiger charge is 2.60. The predicted octanol–water partition coefficient (Wildman–Crippen LogP) is 1.85. The molecule has 22 heavy (non-hydrogen) atoms. The summed E-state index contributed by atoms with van der Waals surface area (Å²) in [6.07, 6.45) is 4.89. The average molecular weight is 373 g/mol. The first kappa shape index (κ1) is 15.8. The van der Waals surface area contributed by atoms with Gasteiger partial charge in [0.25, 0.3) is 5.91 Å². The predicted molar refractivity (Wildman–Crippen MR) is 82.1 cm³/mol. The lowest BCUT2D eigenvalue weighted by Crippen LogP contribution is -2.57. The van der Waals surface area contributed by atoms with E-state index in [1.54, 1.807) is 0 Å². The molecule has 4 aliphatic rings. The molecule has 0 aromatic rings. The van der Waals surface area contributed by atoms with Crippen LogP contribution in [0.25, 0.3) is 0 Å². The van der Waals surface area contributed by atoms with Gasteiger partial charge in [0, 0.05) is 4.32 Å². The Morgan fingerprint density at radius 3 is 2.32 bits per heavy atom. The lowest BCUT2D eigenvalue weighted by atomic mass is 9.49. The number of urea groups is 1. The van der Waals surface area contributed by atoms with Gasteiger partial charge in [-0.05, 0) is 57.3 Å². The number of alkyl halides is 1. The first-order valence-corrected chi connectivity index (χ1v) is 8.51. The number of imide groups is 1. The Bertz CT molecular complexity index is 522. The molecule has 0 aliphatic heterocycles. The lowest BCUT2D eigenvalue weighted by molar-refractivity contribution is -0.176. The van der Waals surface area contributed by atoms with E-state index in [9.17, 15) is 14.4 Å². The molecular weight excluding hydrogens is 352 g/mol. The zero-order valence-electron chi connectivity index (χ0n) is 12.6. The molecule has 0 radical (unpaired) electrons. The largest absolute Gasteiger partial charge is 0.452 e. The maximum absolute atomic E-state index is 12.7. The molecule has 7 heteroatoms.